The zero-order valence-corrected chi connectivity index (χ0v) is 34.4. The van der Waals surface area contributed by atoms with Gasteiger partial charge in [-0.25, -0.2) is 0 Å². The maximum absolute atomic E-state index is 2.78. The average molecular weight is 765 g/mol. The van der Waals surface area contributed by atoms with E-state index in [2.05, 4.69) is 169 Å². The maximum atomic E-state index is 2.78. The van der Waals surface area contributed by atoms with Crippen molar-refractivity contribution in [3.8, 4) is 41.8 Å². The SMILES string of the molecule is CCCCCCN1B(c2ccccc2)c2cc(-c3ccccc3)sc2-c2cc3c(cc21)-c1sc(-c2ccccc2)cc1B(c1ccccc1)N3CCCCCC. The molecule has 2 aliphatic heterocycles. The Labute approximate surface area is 343 Å². The zero-order valence-electron chi connectivity index (χ0n) is 32.8. The van der Waals surface area contributed by atoms with Gasteiger partial charge in [0, 0.05) is 55.1 Å². The van der Waals surface area contributed by atoms with Crippen molar-refractivity contribution in [3.63, 3.8) is 0 Å². The number of benzene rings is 5. The minimum Gasteiger partial charge on any atom is -0.406 e. The molecule has 9 rings (SSSR count). The van der Waals surface area contributed by atoms with E-state index in [4.69, 9.17) is 0 Å². The Balaban J connectivity index is 1.29. The van der Waals surface area contributed by atoms with Gasteiger partial charge in [-0.15, -0.1) is 22.7 Å². The first kappa shape index (κ1) is 36.8. The number of rotatable bonds is 14. The molecule has 0 spiro atoms. The van der Waals surface area contributed by atoms with Gasteiger partial charge in [-0.05, 0) is 59.2 Å². The molecule has 6 heteroatoms. The van der Waals surface area contributed by atoms with Crippen LogP contribution in [0, 0.1) is 0 Å². The van der Waals surface area contributed by atoms with Gasteiger partial charge >= 0.3 is 13.7 Å². The molecule has 0 unspecified atom stereocenters. The molecule has 4 heterocycles. The summed E-state index contributed by atoms with van der Waals surface area (Å²) in [5.74, 6) is 0. The molecule has 278 valence electrons. The summed E-state index contributed by atoms with van der Waals surface area (Å²) in [7, 11) is 0. The summed E-state index contributed by atoms with van der Waals surface area (Å²) in [4.78, 5) is 11.1. The summed E-state index contributed by atoms with van der Waals surface area (Å²) >= 11 is 3.96. The summed E-state index contributed by atoms with van der Waals surface area (Å²) < 4.78 is 0. The summed E-state index contributed by atoms with van der Waals surface area (Å²) in [5, 5.41) is 0. The molecule has 0 N–H and O–H groups in total. The third-order valence-electron chi connectivity index (χ3n) is 11.8. The molecule has 0 atom stereocenters. The second kappa shape index (κ2) is 16.8. The smallest absolute Gasteiger partial charge is 0.325 e. The maximum Gasteiger partial charge on any atom is 0.325 e. The van der Waals surface area contributed by atoms with Crippen molar-refractivity contribution < 1.29 is 0 Å². The summed E-state index contributed by atoms with van der Waals surface area (Å²) in [6.45, 7) is 7.00. The highest BCUT2D eigenvalue weighted by Gasteiger charge is 2.42. The Kier molecular flexibility index (Phi) is 11.0. The molecule has 2 aliphatic rings. The minimum absolute atomic E-state index is 0.153. The molecule has 0 bridgehead atoms. The van der Waals surface area contributed by atoms with E-state index < -0.39 is 0 Å². The van der Waals surface area contributed by atoms with Gasteiger partial charge in [0.2, 0.25) is 0 Å². The van der Waals surface area contributed by atoms with E-state index in [0.717, 1.165) is 13.1 Å². The summed E-state index contributed by atoms with van der Waals surface area (Å²) in [6, 6.07) is 55.0. The zero-order chi connectivity index (χ0) is 37.8. The molecular weight excluding hydrogens is 714 g/mol. The number of fused-ring (bicyclic) bond motifs is 6. The van der Waals surface area contributed by atoms with Gasteiger partial charge in [-0.2, -0.15) is 0 Å². The first-order valence-corrected chi connectivity index (χ1v) is 22.6. The van der Waals surface area contributed by atoms with Crippen LogP contribution in [0.2, 0.25) is 0 Å². The second-order valence-electron chi connectivity index (χ2n) is 15.5. The number of hydrogen-bond donors (Lipinski definition) is 0. The fraction of sp³-hybridized carbons (Fsp3) is 0.240. The summed E-state index contributed by atoms with van der Waals surface area (Å²) in [6.07, 6.45) is 9.89. The Morgan fingerprint density at radius 1 is 0.429 bits per heavy atom. The molecule has 0 radical (unpaired) electrons. The van der Waals surface area contributed by atoms with E-state index in [9.17, 15) is 0 Å². The molecule has 7 aromatic rings. The van der Waals surface area contributed by atoms with Crippen molar-refractivity contribution in [2.75, 3.05) is 22.7 Å². The van der Waals surface area contributed by atoms with Crippen LogP contribution in [-0.2, 0) is 0 Å². The molecule has 5 aromatic carbocycles. The third-order valence-corrected chi connectivity index (χ3v) is 14.3. The lowest BCUT2D eigenvalue weighted by Crippen LogP contribution is -2.60. The first-order valence-electron chi connectivity index (χ1n) is 20.9. The highest BCUT2D eigenvalue weighted by Crippen LogP contribution is 2.50. The van der Waals surface area contributed by atoms with Gasteiger partial charge in [-0.1, -0.05) is 185 Å². The van der Waals surface area contributed by atoms with Gasteiger partial charge in [0.15, 0.2) is 0 Å². The average Bonchev–Trinajstić information content (AvgIpc) is 3.91. The number of nitrogens with zero attached hydrogens (tertiary/aromatic N) is 2. The van der Waals surface area contributed by atoms with E-state index in [1.54, 1.807) is 0 Å². The van der Waals surface area contributed by atoms with Gasteiger partial charge in [0.25, 0.3) is 0 Å². The van der Waals surface area contributed by atoms with Gasteiger partial charge in [0.1, 0.15) is 0 Å². The fourth-order valence-electron chi connectivity index (χ4n) is 9.06. The molecule has 2 aromatic heterocycles. The quantitative estimate of drug-likeness (QED) is 0.0804. The normalized spacial score (nSPS) is 13.0. The van der Waals surface area contributed by atoms with Crippen molar-refractivity contribution >= 4 is 69.6 Å². The van der Waals surface area contributed by atoms with Crippen molar-refractivity contribution in [1.82, 2.24) is 0 Å². The molecule has 0 saturated carbocycles. The van der Waals surface area contributed by atoms with Crippen molar-refractivity contribution in [2.45, 2.75) is 65.2 Å². The highest BCUT2D eigenvalue weighted by atomic mass is 32.1. The number of thiophene rings is 2. The second-order valence-corrected chi connectivity index (χ2v) is 17.6. The minimum atomic E-state index is 0.153. The molecule has 0 amide bonds. The van der Waals surface area contributed by atoms with Crippen LogP contribution in [0.15, 0.2) is 146 Å². The van der Waals surface area contributed by atoms with Crippen LogP contribution < -0.4 is 31.5 Å². The van der Waals surface area contributed by atoms with Crippen LogP contribution in [0.3, 0.4) is 0 Å². The predicted octanol–water partition coefficient (Wildman–Crippen LogP) is 11.5. The topological polar surface area (TPSA) is 6.48 Å². The third kappa shape index (κ3) is 7.07. The Hall–Kier alpha value is -4.77. The van der Waals surface area contributed by atoms with Crippen LogP contribution in [-0.4, -0.2) is 26.8 Å². The van der Waals surface area contributed by atoms with Gasteiger partial charge in [-0.3, -0.25) is 0 Å². The molecule has 0 fully saturated rings. The highest BCUT2D eigenvalue weighted by molar-refractivity contribution is 7.22. The van der Waals surface area contributed by atoms with Crippen LogP contribution in [0.25, 0.3) is 41.8 Å². The Morgan fingerprint density at radius 2 is 0.804 bits per heavy atom. The van der Waals surface area contributed by atoms with E-state index in [1.165, 1.54) is 126 Å². The molecule has 56 heavy (non-hydrogen) atoms. The van der Waals surface area contributed by atoms with E-state index >= 15 is 0 Å². The van der Waals surface area contributed by atoms with E-state index in [-0.39, 0.29) is 13.7 Å². The number of hydrogen-bond acceptors (Lipinski definition) is 4. The fourth-order valence-corrected chi connectivity index (χ4v) is 11.5. The molecule has 2 nitrogen and oxygen atoms in total. The van der Waals surface area contributed by atoms with Crippen LogP contribution in [0.4, 0.5) is 11.4 Å². The number of anilines is 2. The predicted molar refractivity (Wildman–Crippen MR) is 250 cm³/mol. The molecule has 0 saturated heterocycles. The van der Waals surface area contributed by atoms with Crippen molar-refractivity contribution in [1.29, 1.82) is 0 Å². The Morgan fingerprint density at radius 3 is 1.18 bits per heavy atom. The Bertz CT molecular complexity index is 2200. The first-order chi connectivity index (χ1) is 27.7. The molecule has 0 aliphatic carbocycles. The lowest BCUT2D eigenvalue weighted by molar-refractivity contribution is 0.673. The van der Waals surface area contributed by atoms with Gasteiger partial charge < -0.3 is 9.62 Å². The summed E-state index contributed by atoms with van der Waals surface area (Å²) in [5.41, 5.74) is 13.8. The van der Waals surface area contributed by atoms with E-state index in [0.29, 0.717) is 0 Å². The monoisotopic (exact) mass is 764 g/mol. The van der Waals surface area contributed by atoms with Crippen LogP contribution >= 0.6 is 22.7 Å². The lowest BCUT2D eigenvalue weighted by atomic mass is 9.46. The standard InChI is InChI=1S/C50H50B2N2S2/c1-3-5-7-21-31-53-45-33-42-46(34-41(45)49-43(51(53)39-27-17-11-18-28-39)35-47(55-49)37-23-13-9-14-24-37)54(32-22-8-6-4-2)52(40-29-19-12-20-30-40)44-36-48(56-50(42)44)38-25-15-10-16-26-38/h9-20,23-30,33-36H,3-8,21-22,31-32H2,1-2H3. The number of unbranched alkanes of at least 4 members (excludes halogenated alkanes) is 6. The van der Waals surface area contributed by atoms with Crippen molar-refractivity contribution in [3.05, 3.63) is 146 Å². The van der Waals surface area contributed by atoms with Gasteiger partial charge in [0.05, 0.1) is 0 Å². The lowest BCUT2D eigenvalue weighted by Gasteiger charge is -2.42. The largest absolute Gasteiger partial charge is 0.406 e. The van der Waals surface area contributed by atoms with Crippen molar-refractivity contribution in [2.24, 2.45) is 0 Å². The van der Waals surface area contributed by atoms with Crippen LogP contribution in [0.1, 0.15) is 65.2 Å². The van der Waals surface area contributed by atoms with E-state index in [1.807, 2.05) is 22.7 Å². The van der Waals surface area contributed by atoms with Crippen LogP contribution in [0.5, 0.6) is 0 Å². The molecular formula is C50H50B2N2S2.